The average Bonchev–Trinajstić information content (AvgIpc) is 2.01. The molecule has 2 saturated heterocycles. The number of morpholine rings is 1. The monoisotopic (exact) mass is 268 g/mol. The minimum absolute atomic E-state index is 0.816. The first-order valence-corrected chi connectivity index (χ1v) is 5.05. The molecule has 0 saturated carbocycles. The van der Waals surface area contributed by atoms with Gasteiger partial charge in [-0.15, -0.1) is 0 Å². The maximum absolute atomic E-state index is 5.29. The minimum Gasteiger partial charge on any atom is -0.379 e. The number of rotatable bonds is 1. The van der Waals surface area contributed by atoms with E-state index in [1.165, 1.54) is 13.1 Å². The van der Waals surface area contributed by atoms with Gasteiger partial charge in [-0.25, -0.2) is 3.11 Å². The lowest BCUT2D eigenvalue weighted by atomic mass is 10.1. The number of hydrogen-bond donors (Lipinski definition) is 0. The number of ether oxygens (including phenoxy) is 1. The van der Waals surface area contributed by atoms with Gasteiger partial charge in [0, 0.05) is 55.1 Å². The molecule has 2 rings (SSSR count). The van der Waals surface area contributed by atoms with Gasteiger partial charge in [0.15, 0.2) is 0 Å². The highest BCUT2D eigenvalue weighted by Crippen LogP contribution is 2.19. The molecule has 3 nitrogen and oxygen atoms in total. The van der Waals surface area contributed by atoms with Crippen molar-refractivity contribution < 1.29 is 4.74 Å². The Morgan fingerprint density at radius 3 is 2.36 bits per heavy atom. The van der Waals surface area contributed by atoms with Crippen LogP contribution in [0.25, 0.3) is 0 Å². The third-order valence-corrected chi connectivity index (χ3v) is 3.17. The van der Waals surface area contributed by atoms with Crippen LogP contribution in [-0.4, -0.2) is 53.4 Å². The van der Waals surface area contributed by atoms with E-state index in [2.05, 4.69) is 30.9 Å². The van der Waals surface area contributed by atoms with Crippen LogP contribution < -0.4 is 0 Å². The van der Waals surface area contributed by atoms with Crippen molar-refractivity contribution in [3.63, 3.8) is 0 Å². The molecule has 0 amide bonds. The van der Waals surface area contributed by atoms with Gasteiger partial charge in [0.25, 0.3) is 0 Å². The molecule has 0 aliphatic carbocycles. The molecule has 0 unspecified atom stereocenters. The Hall–Kier alpha value is 0.610. The summed E-state index contributed by atoms with van der Waals surface area (Å²) in [7, 11) is 0. The van der Waals surface area contributed by atoms with Crippen molar-refractivity contribution in [1.82, 2.24) is 8.01 Å². The van der Waals surface area contributed by atoms with Crippen molar-refractivity contribution in [2.24, 2.45) is 0 Å². The molecule has 0 atom stereocenters. The number of hydrogen-bond acceptors (Lipinski definition) is 3. The molecule has 2 heterocycles. The smallest absolute Gasteiger partial charge is 0.0594 e. The van der Waals surface area contributed by atoms with Crippen LogP contribution in [0.4, 0.5) is 0 Å². The van der Waals surface area contributed by atoms with Crippen LogP contribution in [0, 0.1) is 0 Å². The highest BCUT2D eigenvalue weighted by molar-refractivity contribution is 14.1. The van der Waals surface area contributed by atoms with Crippen LogP contribution in [0.5, 0.6) is 0 Å². The van der Waals surface area contributed by atoms with Gasteiger partial charge in [-0.05, 0) is 0 Å². The molecular weight excluding hydrogens is 255 g/mol. The Bertz CT molecular complexity index is 132. The number of halogens is 1. The van der Waals surface area contributed by atoms with Gasteiger partial charge in [-0.1, -0.05) is 0 Å². The largest absolute Gasteiger partial charge is 0.379 e. The molecule has 0 radical (unpaired) electrons. The Labute approximate surface area is 81.2 Å². The third-order valence-electron chi connectivity index (χ3n) is 2.38. The summed E-state index contributed by atoms with van der Waals surface area (Å²) < 4.78 is 7.62. The van der Waals surface area contributed by atoms with Crippen molar-refractivity contribution >= 4 is 22.9 Å². The SMILES string of the molecule is IN1CC(N2CCOCC2)C1. The van der Waals surface area contributed by atoms with Crippen LogP contribution in [-0.2, 0) is 4.74 Å². The molecule has 0 bridgehead atoms. The summed E-state index contributed by atoms with van der Waals surface area (Å²) in [5, 5.41) is 0. The van der Waals surface area contributed by atoms with E-state index in [0.29, 0.717) is 0 Å². The molecule has 0 aromatic rings. The summed E-state index contributed by atoms with van der Waals surface area (Å²) in [6.07, 6.45) is 0. The second kappa shape index (κ2) is 3.55. The van der Waals surface area contributed by atoms with E-state index in [1.54, 1.807) is 0 Å². The summed E-state index contributed by atoms with van der Waals surface area (Å²) >= 11 is 2.38. The Morgan fingerprint density at radius 2 is 1.82 bits per heavy atom. The predicted molar refractivity (Wildman–Crippen MR) is 51.8 cm³/mol. The zero-order chi connectivity index (χ0) is 7.68. The molecule has 2 aliphatic rings. The zero-order valence-corrected chi connectivity index (χ0v) is 8.66. The van der Waals surface area contributed by atoms with Crippen LogP contribution >= 0.6 is 22.9 Å². The van der Waals surface area contributed by atoms with E-state index in [0.717, 1.165) is 32.3 Å². The molecule has 0 spiro atoms. The molecule has 4 heteroatoms. The molecule has 0 aromatic carbocycles. The molecule has 0 aromatic heterocycles. The van der Waals surface area contributed by atoms with Crippen LogP contribution in [0.15, 0.2) is 0 Å². The van der Waals surface area contributed by atoms with Crippen LogP contribution in [0.3, 0.4) is 0 Å². The molecule has 2 aliphatic heterocycles. The second-order valence-corrected chi connectivity index (χ2v) is 4.49. The maximum atomic E-state index is 5.29. The molecule has 0 N–H and O–H groups in total. The second-order valence-electron chi connectivity index (χ2n) is 3.13. The molecule has 64 valence electrons. The summed E-state index contributed by atoms with van der Waals surface area (Å²) in [6, 6.07) is 0.816. The van der Waals surface area contributed by atoms with Gasteiger partial charge in [0.05, 0.1) is 13.2 Å². The quantitative estimate of drug-likeness (QED) is 0.504. The Kier molecular flexibility index (Phi) is 2.65. The van der Waals surface area contributed by atoms with Crippen molar-refractivity contribution in [2.75, 3.05) is 39.4 Å². The fourth-order valence-electron chi connectivity index (χ4n) is 1.58. The summed E-state index contributed by atoms with van der Waals surface area (Å²) in [6.45, 7) is 6.60. The van der Waals surface area contributed by atoms with E-state index in [9.17, 15) is 0 Å². The van der Waals surface area contributed by atoms with Crippen LogP contribution in [0.2, 0.25) is 0 Å². The lowest BCUT2D eigenvalue weighted by Gasteiger charge is -2.43. The molecule has 11 heavy (non-hydrogen) atoms. The lowest BCUT2D eigenvalue weighted by molar-refractivity contribution is -0.00656. The normalized spacial score (nSPS) is 30.3. The van der Waals surface area contributed by atoms with Crippen LogP contribution in [0.1, 0.15) is 0 Å². The van der Waals surface area contributed by atoms with Crippen molar-refractivity contribution in [2.45, 2.75) is 6.04 Å². The Balaban J connectivity index is 1.76. The summed E-state index contributed by atoms with van der Waals surface area (Å²) in [4.78, 5) is 2.54. The van der Waals surface area contributed by atoms with Crippen molar-refractivity contribution in [3.8, 4) is 0 Å². The van der Waals surface area contributed by atoms with E-state index in [-0.39, 0.29) is 0 Å². The lowest BCUT2D eigenvalue weighted by Crippen LogP contribution is -2.58. The van der Waals surface area contributed by atoms with Gasteiger partial charge in [-0.3, -0.25) is 4.90 Å². The van der Waals surface area contributed by atoms with E-state index >= 15 is 0 Å². The summed E-state index contributed by atoms with van der Waals surface area (Å²) in [5.74, 6) is 0. The first-order valence-electron chi connectivity index (χ1n) is 4.09. The van der Waals surface area contributed by atoms with Gasteiger partial charge >= 0.3 is 0 Å². The van der Waals surface area contributed by atoms with E-state index in [1.807, 2.05) is 0 Å². The van der Waals surface area contributed by atoms with E-state index < -0.39 is 0 Å². The molecule has 2 fully saturated rings. The van der Waals surface area contributed by atoms with Gasteiger partial charge in [0.2, 0.25) is 0 Å². The highest BCUT2D eigenvalue weighted by Gasteiger charge is 2.30. The molecular formula is C7H13IN2O. The maximum Gasteiger partial charge on any atom is 0.0594 e. The first-order chi connectivity index (χ1) is 5.36. The predicted octanol–water partition coefficient (Wildman–Crippen LogP) is 0.353. The Morgan fingerprint density at radius 1 is 1.18 bits per heavy atom. The minimum atomic E-state index is 0.816. The van der Waals surface area contributed by atoms with Gasteiger partial charge < -0.3 is 4.74 Å². The number of nitrogens with zero attached hydrogens (tertiary/aromatic N) is 2. The zero-order valence-electron chi connectivity index (χ0n) is 6.50. The standard InChI is InChI=1S/C7H13IN2O/c8-10-5-7(6-10)9-1-3-11-4-2-9/h7H,1-6H2. The van der Waals surface area contributed by atoms with E-state index in [4.69, 9.17) is 4.74 Å². The fourth-order valence-corrected chi connectivity index (χ4v) is 2.49. The summed E-state index contributed by atoms with van der Waals surface area (Å²) in [5.41, 5.74) is 0. The topological polar surface area (TPSA) is 15.7 Å². The van der Waals surface area contributed by atoms with Gasteiger partial charge in [0.1, 0.15) is 0 Å². The highest BCUT2D eigenvalue weighted by atomic mass is 127. The first kappa shape index (κ1) is 8.22. The third kappa shape index (κ3) is 1.85. The average molecular weight is 268 g/mol. The fraction of sp³-hybridized carbons (Fsp3) is 1.00. The van der Waals surface area contributed by atoms with Crippen molar-refractivity contribution in [3.05, 3.63) is 0 Å². The van der Waals surface area contributed by atoms with Crippen molar-refractivity contribution in [1.29, 1.82) is 0 Å². The van der Waals surface area contributed by atoms with Gasteiger partial charge in [-0.2, -0.15) is 0 Å².